The molecule has 2 aromatic carbocycles. The molecule has 0 aliphatic heterocycles. The normalized spacial score (nSPS) is 11.7. The maximum absolute atomic E-state index is 12.6. The van der Waals surface area contributed by atoms with E-state index in [4.69, 9.17) is 4.74 Å². The fraction of sp³-hybridized carbons (Fsp3) is 0.150. The highest BCUT2D eigenvalue weighted by Crippen LogP contribution is 2.17. The van der Waals surface area contributed by atoms with Crippen LogP contribution in [0.4, 0.5) is 0 Å². The van der Waals surface area contributed by atoms with E-state index in [-0.39, 0.29) is 6.42 Å². The molecule has 0 saturated heterocycles. The lowest BCUT2D eigenvalue weighted by Crippen LogP contribution is -2.42. The molecule has 0 saturated carbocycles. The van der Waals surface area contributed by atoms with Crippen molar-refractivity contribution in [2.75, 3.05) is 7.11 Å². The summed E-state index contributed by atoms with van der Waals surface area (Å²) >= 11 is 0. The number of ether oxygens (including phenoxy) is 1. The molecule has 1 aromatic heterocycles. The van der Waals surface area contributed by atoms with Crippen LogP contribution in [0.1, 0.15) is 15.9 Å². The maximum atomic E-state index is 12.6. The number of carboxylic acid groups (broad SMARTS) is 1. The summed E-state index contributed by atoms with van der Waals surface area (Å²) in [6.07, 6.45) is 1.77. The minimum atomic E-state index is -1.10. The number of pyridine rings is 1. The molecule has 1 atom stereocenters. The van der Waals surface area contributed by atoms with E-state index in [1.807, 2.05) is 12.1 Å². The summed E-state index contributed by atoms with van der Waals surface area (Å²) in [7, 11) is 1.56. The van der Waals surface area contributed by atoms with Gasteiger partial charge in [-0.2, -0.15) is 0 Å². The number of para-hydroxylation sites is 1. The molecule has 0 aliphatic rings. The highest BCUT2D eigenvalue weighted by molar-refractivity contribution is 6.06. The third-order valence-corrected chi connectivity index (χ3v) is 4.08. The standard InChI is InChI=1S/C20H18N2O4/c1-26-15-9-7-13(8-10-15)12-17(20(24)25)22-19(23)16-6-2-4-14-5-3-11-21-18(14)16/h2-11,17H,12H2,1H3,(H,22,23)(H,24,25)/t17-/m1/s1. The molecule has 6 heteroatoms. The summed E-state index contributed by atoms with van der Waals surface area (Å²) in [5.41, 5.74) is 1.68. The summed E-state index contributed by atoms with van der Waals surface area (Å²) in [4.78, 5) is 28.5. The average Bonchev–Trinajstić information content (AvgIpc) is 2.67. The molecule has 1 heterocycles. The number of hydrogen-bond acceptors (Lipinski definition) is 4. The smallest absolute Gasteiger partial charge is 0.326 e. The molecule has 26 heavy (non-hydrogen) atoms. The molecule has 1 amide bonds. The number of amides is 1. The van der Waals surface area contributed by atoms with Gasteiger partial charge in [-0.15, -0.1) is 0 Å². The number of fused-ring (bicyclic) bond motifs is 1. The van der Waals surface area contributed by atoms with Crippen LogP contribution in [-0.4, -0.2) is 35.1 Å². The number of hydrogen-bond donors (Lipinski definition) is 2. The van der Waals surface area contributed by atoms with Crippen molar-refractivity contribution in [1.82, 2.24) is 10.3 Å². The van der Waals surface area contributed by atoms with E-state index in [1.165, 1.54) is 0 Å². The maximum Gasteiger partial charge on any atom is 0.326 e. The molecule has 0 unspecified atom stereocenters. The van der Waals surface area contributed by atoms with Crippen LogP contribution in [0.3, 0.4) is 0 Å². The van der Waals surface area contributed by atoms with Crippen LogP contribution < -0.4 is 10.1 Å². The quantitative estimate of drug-likeness (QED) is 0.713. The lowest BCUT2D eigenvalue weighted by atomic mass is 10.0. The zero-order chi connectivity index (χ0) is 18.5. The molecule has 6 nitrogen and oxygen atoms in total. The van der Waals surface area contributed by atoms with E-state index in [1.54, 1.807) is 55.8 Å². The van der Waals surface area contributed by atoms with Gasteiger partial charge in [-0.3, -0.25) is 9.78 Å². The summed E-state index contributed by atoms with van der Waals surface area (Å²) in [5, 5.41) is 12.9. The minimum Gasteiger partial charge on any atom is -0.497 e. The topological polar surface area (TPSA) is 88.5 Å². The monoisotopic (exact) mass is 350 g/mol. The molecule has 0 bridgehead atoms. The number of nitrogens with zero attached hydrogens (tertiary/aromatic N) is 1. The number of benzene rings is 2. The lowest BCUT2D eigenvalue weighted by molar-refractivity contribution is -0.139. The molecule has 0 radical (unpaired) electrons. The van der Waals surface area contributed by atoms with Gasteiger partial charge in [0.2, 0.25) is 0 Å². The molecule has 0 aliphatic carbocycles. The van der Waals surface area contributed by atoms with Crippen LogP contribution in [0.25, 0.3) is 10.9 Å². The second-order valence-corrected chi connectivity index (χ2v) is 5.80. The highest BCUT2D eigenvalue weighted by atomic mass is 16.5. The van der Waals surface area contributed by atoms with E-state index in [9.17, 15) is 14.7 Å². The van der Waals surface area contributed by atoms with E-state index >= 15 is 0 Å². The van der Waals surface area contributed by atoms with Gasteiger partial charge in [0.25, 0.3) is 5.91 Å². The van der Waals surface area contributed by atoms with Crippen LogP contribution in [0.2, 0.25) is 0 Å². The van der Waals surface area contributed by atoms with Crippen molar-refractivity contribution in [3.05, 3.63) is 71.9 Å². The predicted octanol–water partition coefficient (Wildman–Crippen LogP) is 2.67. The van der Waals surface area contributed by atoms with Crippen LogP contribution in [0.15, 0.2) is 60.8 Å². The molecular weight excluding hydrogens is 332 g/mol. The molecule has 3 aromatic rings. The number of carbonyl (C=O) groups is 2. The van der Waals surface area contributed by atoms with Crippen molar-refractivity contribution in [1.29, 1.82) is 0 Å². The Hall–Kier alpha value is -3.41. The first-order valence-electron chi connectivity index (χ1n) is 8.09. The summed E-state index contributed by atoms with van der Waals surface area (Å²) in [6, 6.07) is 14.9. The highest BCUT2D eigenvalue weighted by Gasteiger charge is 2.22. The van der Waals surface area contributed by atoms with E-state index < -0.39 is 17.9 Å². The first kappa shape index (κ1) is 17.4. The second-order valence-electron chi connectivity index (χ2n) is 5.80. The van der Waals surface area contributed by atoms with Gasteiger partial charge >= 0.3 is 5.97 Å². The van der Waals surface area contributed by atoms with Crippen LogP contribution in [-0.2, 0) is 11.2 Å². The largest absolute Gasteiger partial charge is 0.497 e. The zero-order valence-electron chi connectivity index (χ0n) is 14.2. The van der Waals surface area contributed by atoms with Gasteiger partial charge < -0.3 is 15.2 Å². The first-order valence-corrected chi connectivity index (χ1v) is 8.09. The van der Waals surface area contributed by atoms with Crippen molar-refractivity contribution < 1.29 is 19.4 Å². The van der Waals surface area contributed by atoms with Crippen molar-refractivity contribution in [3.8, 4) is 5.75 Å². The number of carboxylic acids is 1. The van der Waals surface area contributed by atoms with Gasteiger partial charge in [0.1, 0.15) is 11.8 Å². The van der Waals surface area contributed by atoms with Crippen LogP contribution >= 0.6 is 0 Å². The number of rotatable bonds is 6. The Bertz CT molecular complexity index is 933. The van der Waals surface area contributed by atoms with E-state index in [0.717, 1.165) is 10.9 Å². The Balaban J connectivity index is 1.80. The van der Waals surface area contributed by atoms with Crippen molar-refractivity contribution in [3.63, 3.8) is 0 Å². The molecule has 0 fully saturated rings. The van der Waals surface area contributed by atoms with Crippen LogP contribution in [0, 0.1) is 0 Å². The predicted molar refractivity (Wildman–Crippen MR) is 97.3 cm³/mol. The summed E-state index contributed by atoms with van der Waals surface area (Å²) < 4.78 is 5.09. The van der Waals surface area contributed by atoms with Crippen molar-refractivity contribution >= 4 is 22.8 Å². The molecule has 132 valence electrons. The van der Waals surface area contributed by atoms with Gasteiger partial charge in [-0.25, -0.2) is 4.79 Å². The van der Waals surface area contributed by atoms with Gasteiger partial charge in [-0.05, 0) is 29.8 Å². The Morgan fingerprint density at radius 1 is 1.12 bits per heavy atom. The average molecular weight is 350 g/mol. The SMILES string of the molecule is COc1ccc(C[C@@H](NC(=O)c2cccc3cccnc23)C(=O)O)cc1. The minimum absolute atomic E-state index is 0.170. The third-order valence-electron chi connectivity index (χ3n) is 4.08. The zero-order valence-corrected chi connectivity index (χ0v) is 14.2. The molecular formula is C20H18N2O4. The molecule has 0 spiro atoms. The number of nitrogens with one attached hydrogen (secondary N) is 1. The third kappa shape index (κ3) is 3.80. The Labute approximate surface area is 150 Å². The summed E-state index contributed by atoms with van der Waals surface area (Å²) in [5.74, 6) is -0.871. The van der Waals surface area contributed by atoms with Gasteiger partial charge in [0, 0.05) is 18.0 Å². The molecule has 3 rings (SSSR count). The number of aromatic nitrogens is 1. The van der Waals surface area contributed by atoms with Crippen molar-refractivity contribution in [2.45, 2.75) is 12.5 Å². The van der Waals surface area contributed by atoms with Crippen LogP contribution in [0.5, 0.6) is 5.75 Å². The number of methoxy groups -OCH3 is 1. The van der Waals surface area contributed by atoms with Gasteiger partial charge in [0.05, 0.1) is 18.2 Å². The van der Waals surface area contributed by atoms with E-state index in [0.29, 0.717) is 16.8 Å². The molecule has 2 N–H and O–H groups in total. The number of carbonyl (C=O) groups excluding carboxylic acids is 1. The fourth-order valence-corrected chi connectivity index (χ4v) is 2.72. The Morgan fingerprint density at radius 2 is 1.85 bits per heavy atom. The number of aliphatic carboxylic acids is 1. The summed E-state index contributed by atoms with van der Waals surface area (Å²) in [6.45, 7) is 0. The van der Waals surface area contributed by atoms with Gasteiger partial charge in [0.15, 0.2) is 0 Å². The second kappa shape index (κ2) is 7.65. The Morgan fingerprint density at radius 3 is 2.54 bits per heavy atom. The van der Waals surface area contributed by atoms with Crippen molar-refractivity contribution in [2.24, 2.45) is 0 Å². The fourth-order valence-electron chi connectivity index (χ4n) is 2.72. The van der Waals surface area contributed by atoms with Gasteiger partial charge in [-0.1, -0.05) is 30.3 Å². The lowest BCUT2D eigenvalue weighted by Gasteiger charge is -2.15. The van der Waals surface area contributed by atoms with E-state index in [2.05, 4.69) is 10.3 Å². The first-order chi connectivity index (χ1) is 12.6. The Kier molecular flexibility index (Phi) is 5.12.